The second kappa shape index (κ2) is 10.4. The molecular formula is C27H29NO3S. The molecule has 0 amide bonds. The van der Waals surface area contributed by atoms with Gasteiger partial charge in [-0.25, -0.2) is 4.79 Å². The third-order valence-electron chi connectivity index (χ3n) is 5.15. The monoisotopic (exact) mass is 447 g/mol. The van der Waals surface area contributed by atoms with Crippen molar-refractivity contribution in [3.8, 4) is 0 Å². The Hall–Kier alpha value is -3.18. The Labute approximate surface area is 193 Å². The van der Waals surface area contributed by atoms with Gasteiger partial charge in [0.05, 0.1) is 12.2 Å². The first kappa shape index (κ1) is 23.5. The van der Waals surface area contributed by atoms with Gasteiger partial charge < -0.3 is 9.64 Å². The normalized spacial score (nSPS) is 10.7. The van der Waals surface area contributed by atoms with Crippen LogP contribution >= 0.6 is 11.3 Å². The van der Waals surface area contributed by atoms with E-state index >= 15 is 0 Å². The van der Waals surface area contributed by atoms with Crippen LogP contribution in [0, 0.1) is 0 Å². The maximum atomic E-state index is 12.6. The Kier molecular flexibility index (Phi) is 7.65. The molecule has 0 aliphatic carbocycles. The van der Waals surface area contributed by atoms with Crippen molar-refractivity contribution in [3.63, 3.8) is 0 Å². The molecule has 0 atom stereocenters. The number of ether oxygens (including phenoxy) is 1. The van der Waals surface area contributed by atoms with E-state index in [2.05, 4.69) is 19.9 Å². The van der Waals surface area contributed by atoms with Crippen molar-refractivity contribution in [1.29, 1.82) is 0 Å². The number of carbonyl (C=O) groups is 1. The molecule has 0 saturated carbocycles. The zero-order chi connectivity index (χ0) is 23.3. The van der Waals surface area contributed by atoms with E-state index in [0.29, 0.717) is 18.1 Å². The number of hydrogen-bond donors (Lipinski definition) is 0. The van der Waals surface area contributed by atoms with Gasteiger partial charge in [0.2, 0.25) is 0 Å². The molecule has 0 radical (unpaired) electrons. The van der Waals surface area contributed by atoms with Crippen LogP contribution in [0.25, 0.3) is 20.2 Å². The van der Waals surface area contributed by atoms with Crippen LogP contribution in [-0.2, 0) is 4.74 Å². The van der Waals surface area contributed by atoms with Crippen LogP contribution in [0.15, 0.2) is 71.5 Å². The minimum absolute atomic E-state index is 0.170. The number of carbonyl (C=O) groups excluding carboxylic acids is 1. The number of nitrogens with zero attached hydrogens (tertiary/aromatic N) is 1. The van der Waals surface area contributed by atoms with E-state index in [4.69, 9.17) is 4.74 Å². The molecule has 0 unspecified atom stereocenters. The van der Waals surface area contributed by atoms with E-state index in [9.17, 15) is 9.59 Å². The number of rotatable bonds is 4. The predicted molar refractivity (Wildman–Crippen MR) is 136 cm³/mol. The highest BCUT2D eigenvalue weighted by atomic mass is 32.1. The number of hydrogen-bond acceptors (Lipinski definition) is 5. The molecule has 3 aromatic carbocycles. The minimum Gasteiger partial charge on any atom is -0.462 e. The van der Waals surface area contributed by atoms with Crippen molar-refractivity contribution in [1.82, 2.24) is 0 Å². The zero-order valence-electron chi connectivity index (χ0n) is 19.2. The molecular weight excluding hydrogens is 418 g/mol. The molecule has 1 heterocycles. The molecule has 166 valence electrons. The fourth-order valence-electron chi connectivity index (χ4n) is 3.46. The quantitative estimate of drug-likeness (QED) is 0.266. The molecule has 0 saturated heterocycles. The van der Waals surface area contributed by atoms with Gasteiger partial charge in [0.25, 0.3) is 0 Å². The highest BCUT2D eigenvalue weighted by Crippen LogP contribution is 2.29. The van der Waals surface area contributed by atoms with Gasteiger partial charge in [-0.1, -0.05) is 38.1 Å². The van der Waals surface area contributed by atoms with E-state index < -0.39 is 0 Å². The van der Waals surface area contributed by atoms with Gasteiger partial charge in [0.15, 0.2) is 5.43 Å². The SMILES string of the molecule is CC(C)c1cccc2sc3ccccc3c(=O)c12.CCOC(=O)c1ccc(N(C)C)cc1. The molecule has 32 heavy (non-hydrogen) atoms. The van der Waals surface area contributed by atoms with E-state index in [1.165, 1.54) is 0 Å². The third kappa shape index (κ3) is 5.17. The first-order chi connectivity index (χ1) is 15.3. The average molecular weight is 448 g/mol. The Morgan fingerprint density at radius 3 is 2.22 bits per heavy atom. The standard InChI is InChI=1S/C16H14OS.C11H15NO2/c1-10(2)11-7-5-9-14-15(11)16(17)12-6-3-4-8-13(12)18-14;1-4-14-11(13)9-5-7-10(8-6-9)12(2)3/h3-10H,1-2H3;5-8H,4H2,1-3H3. The number of benzene rings is 3. The lowest BCUT2D eigenvalue weighted by Crippen LogP contribution is -2.09. The highest BCUT2D eigenvalue weighted by Gasteiger charge is 2.11. The molecule has 0 spiro atoms. The van der Waals surface area contributed by atoms with Crippen LogP contribution in [0.3, 0.4) is 0 Å². The molecule has 1 aromatic heterocycles. The van der Waals surface area contributed by atoms with Crippen LogP contribution in [-0.4, -0.2) is 26.7 Å². The molecule has 4 aromatic rings. The first-order valence-electron chi connectivity index (χ1n) is 10.7. The van der Waals surface area contributed by atoms with E-state index in [1.54, 1.807) is 30.4 Å². The summed E-state index contributed by atoms with van der Waals surface area (Å²) >= 11 is 1.70. The molecule has 4 nitrogen and oxygen atoms in total. The van der Waals surface area contributed by atoms with E-state index in [1.807, 2.05) is 67.5 Å². The molecule has 5 heteroatoms. The summed E-state index contributed by atoms with van der Waals surface area (Å²) < 4.78 is 7.03. The van der Waals surface area contributed by atoms with Crippen molar-refractivity contribution in [3.05, 3.63) is 88.1 Å². The second-order valence-electron chi connectivity index (χ2n) is 7.96. The largest absolute Gasteiger partial charge is 0.462 e. The summed E-state index contributed by atoms with van der Waals surface area (Å²) in [6.07, 6.45) is 0. The fourth-order valence-corrected chi connectivity index (χ4v) is 4.58. The van der Waals surface area contributed by atoms with E-state index in [0.717, 1.165) is 31.4 Å². The van der Waals surface area contributed by atoms with Crippen LogP contribution in [0.2, 0.25) is 0 Å². The Morgan fingerprint density at radius 2 is 1.59 bits per heavy atom. The number of fused-ring (bicyclic) bond motifs is 2. The van der Waals surface area contributed by atoms with Gasteiger partial charge >= 0.3 is 5.97 Å². The van der Waals surface area contributed by atoms with Gasteiger partial charge in [-0.2, -0.15) is 0 Å². The van der Waals surface area contributed by atoms with Gasteiger partial charge in [-0.15, -0.1) is 11.3 Å². The lowest BCUT2D eigenvalue weighted by molar-refractivity contribution is 0.0526. The predicted octanol–water partition coefficient (Wildman–Crippen LogP) is 6.47. The van der Waals surface area contributed by atoms with Crippen molar-refractivity contribution < 1.29 is 9.53 Å². The van der Waals surface area contributed by atoms with Crippen LogP contribution in [0.5, 0.6) is 0 Å². The van der Waals surface area contributed by atoms with E-state index in [-0.39, 0.29) is 11.4 Å². The Balaban J connectivity index is 0.000000188. The summed E-state index contributed by atoms with van der Waals surface area (Å²) in [5.74, 6) is 0.104. The van der Waals surface area contributed by atoms with Gasteiger partial charge in [0.1, 0.15) is 0 Å². The lowest BCUT2D eigenvalue weighted by atomic mass is 9.98. The number of anilines is 1. The van der Waals surface area contributed by atoms with Crippen molar-refractivity contribution in [2.45, 2.75) is 26.7 Å². The van der Waals surface area contributed by atoms with Crippen LogP contribution in [0.1, 0.15) is 42.6 Å². The van der Waals surface area contributed by atoms with Gasteiger partial charge in [-0.05, 0) is 60.9 Å². The van der Waals surface area contributed by atoms with Crippen molar-refractivity contribution >= 4 is 43.2 Å². The maximum Gasteiger partial charge on any atom is 0.338 e. The summed E-state index contributed by atoms with van der Waals surface area (Å²) in [7, 11) is 3.92. The second-order valence-corrected chi connectivity index (χ2v) is 9.05. The summed E-state index contributed by atoms with van der Waals surface area (Å²) in [4.78, 5) is 25.9. The third-order valence-corrected chi connectivity index (χ3v) is 6.29. The summed E-state index contributed by atoms with van der Waals surface area (Å²) in [5, 5.41) is 1.74. The Morgan fingerprint density at radius 1 is 0.938 bits per heavy atom. The van der Waals surface area contributed by atoms with Crippen LogP contribution < -0.4 is 10.3 Å². The molecule has 0 N–H and O–H groups in total. The molecule has 0 aliphatic rings. The molecule has 0 aliphatic heterocycles. The molecule has 0 fully saturated rings. The summed E-state index contributed by atoms with van der Waals surface area (Å²) in [6, 6.07) is 21.3. The smallest absolute Gasteiger partial charge is 0.338 e. The molecule has 0 bridgehead atoms. The van der Waals surface area contributed by atoms with Crippen molar-refractivity contribution in [2.24, 2.45) is 0 Å². The lowest BCUT2D eigenvalue weighted by Gasteiger charge is -2.12. The van der Waals surface area contributed by atoms with Gasteiger partial charge in [-0.3, -0.25) is 4.79 Å². The highest BCUT2D eigenvalue weighted by molar-refractivity contribution is 7.24. The fraction of sp³-hybridized carbons (Fsp3) is 0.259. The van der Waals surface area contributed by atoms with Crippen LogP contribution in [0.4, 0.5) is 5.69 Å². The zero-order valence-corrected chi connectivity index (χ0v) is 20.0. The first-order valence-corrected chi connectivity index (χ1v) is 11.5. The average Bonchev–Trinajstić information content (AvgIpc) is 2.79. The number of esters is 1. The van der Waals surface area contributed by atoms with Gasteiger partial charge in [0, 0.05) is 40.0 Å². The summed E-state index contributed by atoms with van der Waals surface area (Å²) in [6.45, 7) is 6.47. The topological polar surface area (TPSA) is 46.6 Å². The molecule has 4 rings (SSSR count). The minimum atomic E-state index is -0.266. The summed E-state index contributed by atoms with van der Waals surface area (Å²) in [5.41, 5.74) is 2.98. The maximum absolute atomic E-state index is 12.6. The Bertz CT molecular complexity index is 1270. The van der Waals surface area contributed by atoms with Crippen molar-refractivity contribution in [2.75, 3.05) is 25.6 Å².